The van der Waals surface area contributed by atoms with E-state index in [1.165, 1.54) is 10.6 Å². The number of aromatic nitrogens is 1. The lowest BCUT2D eigenvalue weighted by atomic mass is 9.93. The van der Waals surface area contributed by atoms with E-state index in [0.717, 1.165) is 5.56 Å². The van der Waals surface area contributed by atoms with Gasteiger partial charge in [0.05, 0.1) is 20.8 Å². The number of hydrogen-bond donors (Lipinski definition) is 1. The Morgan fingerprint density at radius 3 is 2.37 bits per heavy atom. The van der Waals surface area contributed by atoms with Crippen LogP contribution < -0.4 is 20.3 Å². The summed E-state index contributed by atoms with van der Waals surface area (Å²) in [6.45, 7) is 2.17. The zero-order valence-corrected chi connectivity index (χ0v) is 21.7. The number of ketones is 1. The Morgan fingerprint density at radius 2 is 1.68 bits per heavy atom. The first-order valence-electron chi connectivity index (χ1n) is 12.5. The van der Waals surface area contributed by atoms with Crippen molar-refractivity contribution < 1.29 is 28.6 Å². The van der Waals surface area contributed by atoms with E-state index in [2.05, 4.69) is 5.32 Å². The van der Waals surface area contributed by atoms with Gasteiger partial charge in [0.1, 0.15) is 5.56 Å². The number of pyridine rings is 1. The van der Waals surface area contributed by atoms with E-state index in [1.807, 2.05) is 18.2 Å². The summed E-state index contributed by atoms with van der Waals surface area (Å²) in [4.78, 5) is 51.1. The maximum atomic E-state index is 13.3. The molecule has 9 heteroatoms. The molecule has 0 atom stereocenters. The van der Waals surface area contributed by atoms with Crippen molar-refractivity contribution in [2.45, 2.75) is 32.6 Å². The van der Waals surface area contributed by atoms with Gasteiger partial charge in [0.25, 0.3) is 11.5 Å². The second-order valence-electron chi connectivity index (χ2n) is 8.80. The summed E-state index contributed by atoms with van der Waals surface area (Å²) in [5, 5.41) is 2.89. The quantitative estimate of drug-likeness (QED) is 0.431. The minimum Gasteiger partial charge on any atom is -0.493 e. The van der Waals surface area contributed by atoms with Crippen molar-refractivity contribution in [1.82, 2.24) is 9.88 Å². The first kappa shape index (κ1) is 26.7. The molecule has 0 saturated carbocycles. The van der Waals surface area contributed by atoms with Crippen molar-refractivity contribution in [3.8, 4) is 17.2 Å². The Balaban J connectivity index is 1.53. The molecule has 0 saturated heterocycles. The summed E-state index contributed by atoms with van der Waals surface area (Å²) < 4.78 is 17.0. The average molecular weight is 519 g/mol. The standard InChI is InChI=1S/C29H30N2O7/c1-4-38-29(35)22-17-21-23(6-5-7-24(21)32)31(28(22)34)20-11-9-19(10-12-20)27(33)30-15-14-18-8-13-25(36-2)26(16-18)37-3/h8-13,16-17H,4-7,14-15H2,1-3H3,(H,30,33). The van der Waals surface area contributed by atoms with E-state index < -0.39 is 11.5 Å². The number of esters is 1. The van der Waals surface area contributed by atoms with Gasteiger partial charge in [-0.3, -0.25) is 19.0 Å². The lowest BCUT2D eigenvalue weighted by Crippen LogP contribution is -2.32. The number of hydrogen-bond acceptors (Lipinski definition) is 7. The monoisotopic (exact) mass is 518 g/mol. The number of ether oxygens (including phenoxy) is 3. The van der Waals surface area contributed by atoms with Crippen LogP contribution in [0.25, 0.3) is 5.69 Å². The second kappa shape index (κ2) is 11.8. The van der Waals surface area contributed by atoms with Gasteiger partial charge in [-0.1, -0.05) is 6.07 Å². The van der Waals surface area contributed by atoms with Crippen LogP contribution in [-0.4, -0.2) is 49.6 Å². The van der Waals surface area contributed by atoms with E-state index in [4.69, 9.17) is 14.2 Å². The number of methoxy groups -OCH3 is 2. The van der Waals surface area contributed by atoms with Crippen LogP contribution in [0.4, 0.5) is 0 Å². The molecule has 0 fully saturated rings. The third-order valence-electron chi connectivity index (χ3n) is 6.45. The summed E-state index contributed by atoms with van der Waals surface area (Å²) in [6.07, 6.45) is 2.10. The number of Topliss-reactive ketones (excluding diaryl/α,β-unsaturated/α-hetero) is 1. The first-order chi connectivity index (χ1) is 18.4. The van der Waals surface area contributed by atoms with E-state index in [0.29, 0.717) is 66.2 Å². The molecule has 0 radical (unpaired) electrons. The number of fused-ring (bicyclic) bond motifs is 1. The molecule has 1 N–H and O–H groups in total. The summed E-state index contributed by atoms with van der Waals surface area (Å²) in [7, 11) is 3.15. The topological polar surface area (TPSA) is 113 Å². The van der Waals surface area contributed by atoms with Crippen LogP contribution in [-0.2, 0) is 17.6 Å². The molecular formula is C29H30N2O7. The van der Waals surface area contributed by atoms with Crippen LogP contribution in [0.2, 0.25) is 0 Å². The lowest BCUT2D eigenvalue weighted by molar-refractivity contribution is 0.0523. The Hall–Kier alpha value is -4.40. The Kier molecular flexibility index (Phi) is 8.25. The number of rotatable bonds is 9. The smallest absolute Gasteiger partial charge is 0.343 e. The molecule has 3 aromatic rings. The van der Waals surface area contributed by atoms with Crippen LogP contribution in [0, 0.1) is 0 Å². The zero-order valence-electron chi connectivity index (χ0n) is 21.7. The van der Waals surface area contributed by atoms with E-state index in [-0.39, 0.29) is 23.9 Å². The molecule has 1 aromatic heterocycles. The van der Waals surface area contributed by atoms with E-state index in [1.54, 1.807) is 45.4 Å². The Morgan fingerprint density at radius 1 is 0.947 bits per heavy atom. The Labute approximate surface area is 220 Å². The van der Waals surface area contributed by atoms with Crippen molar-refractivity contribution in [2.24, 2.45) is 0 Å². The lowest BCUT2D eigenvalue weighted by Gasteiger charge is -2.21. The molecule has 198 valence electrons. The maximum Gasteiger partial charge on any atom is 0.343 e. The molecule has 0 spiro atoms. The predicted octanol–water partition coefficient (Wildman–Crippen LogP) is 3.52. The highest BCUT2D eigenvalue weighted by molar-refractivity contribution is 6.01. The molecule has 2 aromatic carbocycles. The summed E-state index contributed by atoms with van der Waals surface area (Å²) in [6, 6.07) is 13.5. The maximum absolute atomic E-state index is 13.3. The highest BCUT2D eigenvalue weighted by Crippen LogP contribution is 2.28. The fourth-order valence-corrected chi connectivity index (χ4v) is 4.54. The minimum absolute atomic E-state index is 0.110. The molecule has 4 rings (SSSR count). The Bertz CT molecular complexity index is 1420. The molecule has 0 bridgehead atoms. The van der Waals surface area contributed by atoms with Gasteiger partial charge >= 0.3 is 5.97 Å². The first-order valence-corrected chi connectivity index (χ1v) is 12.5. The van der Waals surface area contributed by atoms with Gasteiger partial charge in [-0.25, -0.2) is 4.79 Å². The molecule has 0 unspecified atom stereocenters. The molecule has 0 aliphatic heterocycles. The summed E-state index contributed by atoms with van der Waals surface area (Å²) in [5.74, 6) is 0.117. The fraction of sp³-hybridized carbons (Fsp3) is 0.310. The third-order valence-corrected chi connectivity index (χ3v) is 6.45. The van der Waals surface area contributed by atoms with Crippen molar-refractivity contribution >= 4 is 17.7 Å². The highest BCUT2D eigenvalue weighted by Gasteiger charge is 2.26. The van der Waals surface area contributed by atoms with Crippen molar-refractivity contribution in [2.75, 3.05) is 27.4 Å². The third kappa shape index (κ3) is 5.46. The average Bonchev–Trinajstić information content (AvgIpc) is 2.93. The van der Waals surface area contributed by atoms with Gasteiger partial charge in [-0.05, 0) is 74.2 Å². The minimum atomic E-state index is -0.766. The van der Waals surface area contributed by atoms with Crippen LogP contribution in [0.15, 0.2) is 53.3 Å². The highest BCUT2D eigenvalue weighted by atomic mass is 16.5. The summed E-state index contributed by atoms with van der Waals surface area (Å²) >= 11 is 0. The van der Waals surface area contributed by atoms with Crippen molar-refractivity contribution in [3.05, 3.63) is 86.8 Å². The number of carbonyl (C=O) groups is 3. The molecule has 1 aliphatic carbocycles. The normalized spacial score (nSPS) is 12.4. The van der Waals surface area contributed by atoms with Crippen molar-refractivity contribution in [1.29, 1.82) is 0 Å². The van der Waals surface area contributed by atoms with Gasteiger partial charge in [0, 0.05) is 35.5 Å². The van der Waals surface area contributed by atoms with Crippen LogP contribution in [0.3, 0.4) is 0 Å². The number of carbonyl (C=O) groups excluding carboxylic acids is 3. The predicted molar refractivity (Wildman–Crippen MR) is 141 cm³/mol. The molecule has 38 heavy (non-hydrogen) atoms. The van der Waals surface area contributed by atoms with Crippen LogP contribution >= 0.6 is 0 Å². The number of benzene rings is 2. The van der Waals surface area contributed by atoms with E-state index >= 15 is 0 Å². The fourth-order valence-electron chi connectivity index (χ4n) is 4.54. The number of amides is 1. The zero-order chi connectivity index (χ0) is 27.2. The number of nitrogens with one attached hydrogen (secondary N) is 1. The number of nitrogens with zero attached hydrogens (tertiary/aromatic N) is 1. The second-order valence-corrected chi connectivity index (χ2v) is 8.80. The molecular weight excluding hydrogens is 488 g/mol. The SMILES string of the molecule is CCOC(=O)c1cc2c(n(-c3ccc(C(=O)NCCc4ccc(OC)c(OC)c4)cc3)c1=O)CCCC2=O. The summed E-state index contributed by atoms with van der Waals surface area (Å²) in [5.41, 5.74) is 2.05. The van der Waals surface area contributed by atoms with Crippen molar-refractivity contribution in [3.63, 3.8) is 0 Å². The van der Waals surface area contributed by atoms with E-state index in [9.17, 15) is 19.2 Å². The van der Waals surface area contributed by atoms with Gasteiger partial charge < -0.3 is 19.5 Å². The largest absolute Gasteiger partial charge is 0.493 e. The van der Waals surface area contributed by atoms with Gasteiger partial charge in [0.2, 0.25) is 0 Å². The molecule has 1 aliphatic rings. The van der Waals surface area contributed by atoms with Gasteiger partial charge in [-0.2, -0.15) is 0 Å². The molecule has 1 heterocycles. The molecule has 1 amide bonds. The molecule has 9 nitrogen and oxygen atoms in total. The van der Waals surface area contributed by atoms with Gasteiger partial charge in [0.15, 0.2) is 17.3 Å². The van der Waals surface area contributed by atoms with Crippen LogP contribution in [0.1, 0.15) is 62.1 Å². The van der Waals surface area contributed by atoms with Gasteiger partial charge in [-0.15, -0.1) is 0 Å². The van der Waals surface area contributed by atoms with Crippen LogP contribution in [0.5, 0.6) is 11.5 Å².